The summed E-state index contributed by atoms with van der Waals surface area (Å²) in [5.74, 6) is 7.38. The molecule has 0 bridgehead atoms. The van der Waals surface area contributed by atoms with Crippen LogP contribution in [0.1, 0.15) is 72.8 Å². The Labute approximate surface area is 256 Å². The summed E-state index contributed by atoms with van der Waals surface area (Å²) < 4.78 is 28.4. The molecule has 0 spiro atoms. The predicted molar refractivity (Wildman–Crippen MR) is 161 cm³/mol. The highest BCUT2D eigenvalue weighted by atomic mass is 35.5. The van der Waals surface area contributed by atoms with Crippen LogP contribution in [0.15, 0.2) is 34.7 Å². The van der Waals surface area contributed by atoms with Gasteiger partial charge in [0.05, 0.1) is 18.8 Å². The predicted octanol–water partition coefficient (Wildman–Crippen LogP) is 7.93. The molecule has 0 aliphatic heterocycles. The zero-order chi connectivity index (χ0) is 31.4. The van der Waals surface area contributed by atoms with Gasteiger partial charge in [-0.3, -0.25) is 4.84 Å². The minimum absolute atomic E-state index is 0.146. The minimum Gasteiger partial charge on any atom is -0.493 e. The number of halogens is 1. The van der Waals surface area contributed by atoms with E-state index >= 15 is 0 Å². The fourth-order valence-corrected chi connectivity index (χ4v) is 4.53. The van der Waals surface area contributed by atoms with Crippen molar-refractivity contribution in [1.82, 2.24) is 10.0 Å². The van der Waals surface area contributed by atoms with Gasteiger partial charge in [-0.15, -0.1) is 5.06 Å². The summed E-state index contributed by atoms with van der Waals surface area (Å²) in [6.07, 6.45) is 2.47. The number of nitrogens with zero attached hydrogens (tertiary/aromatic N) is 2. The minimum atomic E-state index is -1.07. The lowest BCUT2D eigenvalue weighted by atomic mass is 10.2. The Hall–Kier alpha value is -4.10. The topological polar surface area (TPSA) is 110 Å². The van der Waals surface area contributed by atoms with Gasteiger partial charge < -0.3 is 23.4 Å². The van der Waals surface area contributed by atoms with Crippen LogP contribution in [-0.4, -0.2) is 53.3 Å². The molecule has 10 nitrogen and oxygen atoms in total. The Balaban J connectivity index is 1.61. The molecule has 43 heavy (non-hydrogen) atoms. The Morgan fingerprint density at radius 3 is 2.37 bits per heavy atom. The Kier molecular flexibility index (Phi) is 9.65. The van der Waals surface area contributed by atoms with E-state index < -0.39 is 23.5 Å². The van der Waals surface area contributed by atoms with Crippen molar-refractivity contribution in [2.45, 2.75) is 84.5 Å². The van der Waals surface area contributed by atoms with Crippen molar-refractivity contribution < 1.29 is 37.8 Å². The highest BCUT2D eigenvalue weighted by Crippen LogP contribution is 2.37. The molecule has 3 aromatic rings. The zero-order valence-electron chi connectivity index (χ0n) is 25.5. The van der Waals surface area contributed by atoms with E-state index in [2.05, 4.69) is 16.8 Å². The Morgan fingerprint density at radius 2 is 1.72 bits per heavy atom. The van der Waals surface area contributed by atoms with Crippen molar-refractivity contribution in [3.8, 4) is 34.8 Å². The fourth-order valence-electron chi connectivity index (χ4n) is 4.31. The second-order valence-electron chi connectivity index (χ2n) is 12.1. The van der Waals surface area contributed by atoms with Gasteiger partial charge >= 0.3 is 12.2 Å². The molecule has 1 fully saturated rings. The van der Waals surface area contributed by atoms with Crippen molar-refractivity contribution in [2.75, 3.05) is 13.7 Å². The lowest BCUT2D eigenvalue weighted by Crippen LogP contribution is -2.40. The zero-order valence-corrected chi connectivity index (χ0v) is 26.3. The van der Waals surface area contributed by atoms with Crippen LogP contribution in [0.25, 0.3) is 22.6 Å². The second kappa shape index (κ2) is 13.0. The highest BCUT2D eigenvalue weighted by molar-refractivity contribution is 6.31. The lowest BCUT2D eigenvalue weighted by molar-refractivity contribution is -0.129. The van der Waals surface area contributed by atoms with Crippen LogP contribution < -0.4 is 9.47 Å². The van der Waals surface area contributed by atoms with Crippen molar-refractivity contribution in [3.63, 3.8) is 0 Å². The van der Waals surface area contributed by atoms with E-state index in [1.807, 2.05) is 18.2 Å². The largest absolute Gasteiger partial charge is 0.534 e. The number of benzene rings is 2. The number of carbonyl (C=O) groups excluding carboxylic acids is 2. The smallest absolute Gasteiger partial charge is 0.493 e. The van der Waals surface area contributed by atoms with Gasteiger partial charge in [0, 0.05) is 10.6 Å². The molecule has 0 saturated heterocycles. The van der Waals surface area contributed by atoms with E-state index in [0.717, 1.165) is 25.7 Å². The summed E-state index contributed by atoms with van der Waals surface area (Å²) in [5.41, 5.74) is 0.360. The number of amides is 1. The molecule has 1 heterocycles. The average Bonchev–Trinajstić information content (AvgIpc) is 3.56. The van der Waals surface area contributed by atoms with Crippen molar-refractivity contribution in [2.24, 2.45) is 0 Å². The molecular formula is C32H37ClN2O8. The Bertz CT molecular complexity index is 1530. The molecule has 0 radical (unpaired) electrons. The molecule has 1 aliphatic carbocycles. The van der Waals surface area contributed by atoms with Gasteiger partial charge in [-0.05, 0) is 97.6 Å². The van der Waals surface area contributed by atoms with Gasteiger partial charge in [-0.25, -0.2) is 14.6 Å². The van der Waals surface area contributed by atoms with E-state index in [1.54, 1.807) is 60.8 Å². The summed E-state index contributed by atoms with van der Waals surface area (Å²) >= 11 is 6.38. The first-order valence-electron chi connectivity index (χ1n) is 14.1. The number of hydroxylamine groups is 2. The summed E-state index contributed by atoms with van der Waals surface area (Å²) in [7, 11) is 1.60. The van der Waals surface area contributed by atoms with Gasteiger partial charge in [-0.2, -0.15) is 0 Å². The number of carbonyl (C=O) groups is 2. The van der Waals surface area contributed by atoms with Gasteiger partial charge in [0.2, 0.25) is 5.89 Å². The normalized spacial score (nSPS) is 13.7. The third kappa shape index (κ3) is 8.94. The monoisotopic (exact) mass is 612 g/mol. The van der Waals surface area contributed by atoms with Crippen LogP contribution in [0.5, 0.6) is 11.5 Å². The van der Waals surface area contributed by atoms with E-state index in [9.17, 15) is 9.59 Å². The maximum atomic E-state index is 12.7. The molecule has 2 aromatic carbocycles. The maximum Gasteiger partial charge on any atom is 0.534 e. The summed E-state index contributed by atoms with van der Waals surface area (Å²) in [6.45, 7) is 9.80. The van der Waals surface area contributed by atoms with E-state index in [0.29, 0.717) is 49.7 Å². The van der Waals surface area contributed by atoms with E-state index in [4.69, 9.17) is 39.8 Å². The number of rotatable bonds is 5. The van der Waals surface area contributed by atoms with E-state index in [1.165, 1.54) is 0 Å². The highest BCUT2D eigenvalue weighted by Gasteiger charge is 2.28. The molecule has 11 heteroatoms. The van der Waals surface area contributed by atoms with Crippen LogP contribution in [0.2, 0.25) is 5.02 Å². The van der Waals surface area contributed by atoms with Gasteiger partial charge in [0.15, 0.2) is 17.1 Å². The van der Waals surface area contributed by atoms with Gasteiger partial charge in [0.25, 0.3) is 0 Å². The van der Waals surface area contributed by atoms with E-state index in [-0.39, 0.29) is 12.6 Å². The lowest BCUT2D eigenvalue weighted by Gasteiger charge is -2.26. The molecule has 230 valence electrons. The van der Waals surface area contributed by atoms with Crippen LogP contribution in [0, 0.1) is 11.8 Å². The Morgan fingerprint density at radius 1 is 1.02 bits per heavy atom. The third-order valence-corrected chi connectivity index (χ3v) is 6.30. The second-order valence-corrected chi connectivity index (χ2v) is 12.5. The average molecular weight is 613 g/mol. The van der Waals surface area contributed by atoms with Crippen molar-refractivity contribution in [1.29, 1.82) is 0 Å². The summed E-state index contributed by atoms with van der Waals surface area (Å²) in [4.78, 5) is 34.8. The first kappa shape index (κ1) is 31.8. The number of aromatic nitrogens is 1. The molecule has 0 unspecified atom stereocenters. The number of ether oxygens (including phenoxy) is 4. The molecule has 0 atom stereocenters. The van der Waals surface area contributed by atoms with Crippen molar-refractivity contribution in [3.05, 3.63) is 40.9 Å². The quantitative estimate of drug-likeness (QED) is 0.161. The fraction of sp³-hybridized carbons (Fsp3) is 0.469. The molecule has 1 aliphatic rings. The molecule has 1 saturated carbocycles. The molecule has 4 rings (SSSR count). The maximum absolute atomic E-state index is 12.7. The van der Waals surface area contributed by atoms with Crippen LogP contribution in [-0.2, 0) is 14.3 Å². The number of hydrogen-bond acceptors (Lipinski definition) is 9. The SMILES string of the molecule is COc1ccc(-c2nc3cc(Cl)cc(C#CCN(OC(=O)OC(C)(C)C)C(=O)OC(C)(C)C)c3o2)cc1OC1CCCC1. The van der Waals surface area contributed by atoms with Gasteiger partial charge in [-0.1, -0.05) is 23.4 Å². The molecule has 1 aromatic heterocycles. The number of methoxy groups -OCH3 is 1. The molecule has 0 N–H and O–H groups in total. The first-order valence-corrected chi connectivity index (χ1v) is 14.4. The molecular weight excluding hydrogens is 576 g/mol. The van der Waals surface area contributed by atoms with Crippen LogP contribution in [0.3, 0.4) is 0 Å². The van der Waals surface area contributed by atoms with Crippen LogP contribution in [0.4, 0.5) is 9.59 Å². The van der Waals surface area contributed by atoms with Gasteiger partial charge in [0.1, 0.15) is 23.3 Å². The molecule has 1 amide bonds. The summed E-state index contributed by atoms with van der Waals surface area (Å²) in [6, 6.07) is 8.80. The number of oxazole rings is 1. The van der Waals surface area contributed by atoms with Crippen LogP contribution >= 0.6 is 11.6 Å². The van der Waals surface area contributed by atoms with Crippen molar-refractivity contribution >= 4 is 34.9 Å². The standard InChI is InChI=1S/C32H37ClN2O8/c1-31(2,3)41-29(36)35(43-30(37)42-32(4,5)6)16-10-11-20-17-22(33)19-24-27(20)40-28(34-24)21-14-15-25(38-7)26(18-21)39-23-12-8-9-13-23/h14-15,17-19,23H,8-9,12-13,16H2,1-7H3. The third-order valence-electron chi connectivity index (χ3n) is 6.08. The number of hydrogen-bond donors (Lipinski definition) is 0. The summed E-state index contributed by atoms with van der Waals surface area (Å²) in [5, 5.41) is 1.09. The first-order chi connectivity index (χ1) is 20.2. The number of fused-ring (bicyclic) bond motifs is 1.